The molecule has 1 unspecified atom stereocenters. The highest BCUT2D eigenvalue weighted by Crippen LogP contribution is 2.10. The van der Waals surface area contributed by atoms with Crippen LogP contribution in [-0.4, -0.2) is 44.2 Å². The second-order valence-corrected chi connectivity index (χ2v) is 4.44. The number of primary amides is 1. The molecule has 8 nitrogen and oxygen atoms in total. The molecule has 2 heterocycles. The van der Waals surface area contributed by atoms with Gasteiger partial charge in [-0.3, -0.25) is 9.59 Å². The number of amides is 2. The Labute approximate surface area is 114 Å². The topological polar surface area (TPSA) is 123 Å². The van der Waals surface area contributed by atoms with E-state index in [9.17, 15) is 14.7 Å². The maximum atomic E-state index is 12.0. The third-order valence-corrected chi connectivity index (χ3v) is 2.88. The first-order valence-corrected chi connectivity index (χ1v) is 5.97. The quantitative estimate of drug-likeness (QED) is 0.656. The lowest BCUT2D eigenvalue weighted by molar-refractivity contribution is -0.125. The normalized spacial score (nSPS) is 12.3. The second kappa shape index (κ2) is 5.25. The summed E-state index contributed by atoms with van der Waals surface area (Å²) in [6, 6.07) is 1.80. The zero-order valence-electron chi connectivity index (χ0n) is 11.1. The van der Waals surface area contributed by atoms with Crippen molar-refractivity contribution >= 4 is 17.5 Å². The summed E-state index contributed by atoms with van der Waals surface area (Å²) in [4.78, 5) is 26.8. The van der Waals surface area contributed by atoms with E-state index < -0.39 is 17.9 Å². The van der Waals surface area contributed by atoms with Crippen LogP contribution >= 0.6 is 0 Å². The molecule has 8 heteroatoms. The van der Waals surface area contributed by atoms with Crippen molar-refractivity contribution in [2.75, 3.05) is 6.54 Å². The monoisotopic (exact) mass is 277 g/mol. The number of fused-ring (bicyclic) bond motifs is 1. The summed E-state index contributed by atoms with van der Waals surface area (Å²) in [5.41, 5.74) is 7.28. The molecule has 0 fully saturated rings. The van der Waals surface area contributed by atoms with Crippen LogP contribution in [0.15, 0.2) is 12.3 Å². The van der Waals surface area contributed by atoms with Crippen molar-refractivity contribution in [1.29, 1.82) is 0 Å². The average molecular weight is 277 g/mol. The van der Waals surface area contributed by atoms with Gasteiger partial charge in [0.1, 0.15) is 6.10 Å². The van der Waals surface area contributed by atoms with E-state index in [1.165, 1.54) is 6.20 Å². The molecule has 0 aliphatic heterocycles. The van der Waals surface area contributed by atoms with Gasteiger partial charge >= 0.3 is 0 Å². The molecule has 0 spiro atoms. The molecule has 2 aromatic rings. The molecule has 2 aromatic heterocycles. The lowest BCUT2D eigenvalue weighted by Crippen LogP contribution is -2.40. The molecule has 0 saturated heterocycles. The fourth-order valence-electron chi connectivity index (χ4n) is 1.77. The van der Waals surface area contributed by atoms with Gasteiger partial charge in [-0.05, 0) is 13.8 Å². The summed E-state index contributed by atoms with van der Waals surface area (Å²) < 4.78 is 1.56. The number of hydrogen-bond donors (Lipinski definition) is 3. The van der Waals surface area contributed by atoms with Gasteiger partial charge < -0.3 is 16.2 Å². The molecule has 0 aliphatic rings. The summed E-state index contributed by atoms with van der Waals surface area (Å²) >= 11 is 0. The fourth-order valence-corrected chi connectivity index (χ4v) is 1.77. The largest absolute Gasteiger partial charge is 0.381 e. The van der Waals surface area contributed by atoms with Crippen LogP contribution in [0.1, 0.15) is 21.7 Å². The molecule has 0 aromatic carbocycles. The van der Waals surface area contributed by atoms with Crippen LogP contribution in [0.2, 0.25) is 0 Å². The summed E-state index contributed by atoms with van der Waals surface area (Å²) in [5, 5.41) is 15.9. The Kier molecular flexibility index (Phi) is 3.66. The van der Waals surface area contributed by atoms with Gasteiger partial charge in [0.15, 0.2) is 5.65 Å². The van der Waals surface area contributed by atoms with Crippen molar-refractivity contribution in [1.82, 2.24) is 19.9 Å². The zero-order valence-corrected chi connectivity index (χ0v) is 11.1. The number of nitrogens with two attached hydrogens (primary N) is 1. The van der Waals surface area contributed by atoms with Gasteiger partial charge in [-0.2, -0.15) is 5.10 Å². The Balaban J connectivity index is 2.22. The maximum absolute atomic E-state index is 12.0. The smallest absolute Gasteiger partial charge is 0.254 e. The zero-order chi connectivity index (χ0) is 14.9. The van der Waals surface area contributed by atoms with E-state index in [0.29, 0.717) is 16.9 Å². The van der Waals surface area contributed by atoms with E-state index in [2.05, 4.69) is 15.4 Å². The maximum Gasteiger partial charge on any atom is 0.254 e. The number of aliphatic hydroxyl groups excluding tert-OH is 1. The van der Waals surface area contributed by atoms with E-state index >= 15 is 0 Å². The van der Waals surface area contributed by atoms with E-state index in [-0.39, 0.29) is 6.54 Å². The number of carbonyl (C=O) groups is 2. The van der Waals surface area contributed by atoms with Crippen molar-refractivity contribution in [2.45, 2.75) is 20.0 Å². The minimum Gasteiger partial charge on any atom is -0.381 e. The van der Waals surface area contributed by atoms with Crippen LogP contribution in [0, 0.1) is 13.8 Å². The second-order valence-electron chi connectivity index (χ2n) is 4.44. The van der Waals surface area contributed by atoms with Gasteiger partial charge in [-0.25, -0.2) is 9.50 Å². The van der Waals surface area contributed by atoms with E-state index in [4.69, 9.17) is 5.73 Å². The minimum absolute atomic E-state index is 0.246. The molecule has 0 bridgehead atoms. The number of nitrogens with zero attached hydrogens (tertiary/aromatic N) is 3. The molecule has 1 atom stereocenters. The third kappa shape index (κ3) is 2.59. The molecule has 0 aliphatic carbocycles. The van der Waals surface area contributed by atoms with Crippen LogP contribution in [0.25, 0.3) is 5.65 Å². The minimum atomic E-state index is -1.41. The predicted octanol–water partition coefficient (Wildman–Crippen LogP) is -1.08. The number of aromatic nitrogens is 3. The molecular weight excluding hydrogens is 262 g/mol. The highest BCUT2D eigenvalue weighted by Gasteiger charge is 2.16. The van der Waals surface area contributed by atoms with E-state index in [0.717, 1.165) is 5.69 Å². The van der Waals surface area contributed by atoms with Crippen LogP contribution in [0.5, 0.6) is 0 Å². The van der Waals surface area contributed by atoms with Crippen LogP contribution in [0.4, 0.5) is 0 Å². The number of carbonyl (C=O) groups excluding carboxylic acids is 2. The Bertz CT molecular complexity index is 679. The predicted molar refractivity (Wildman–Crippen MR) is 70.0 cm³/mol. The Morgan fingerprint density at radius 2 is 2.20 bits per heavy atom. The van der Waals surface area contributed by atoms with Gasteiger partial charge in [0.2, 0.25) is 5.91 Å². The molecule has 2 rings (SSSR count). The molecule has 0 saturated carbocycles. The van der Waals surface area contributed by atoms with Crippen LogP contribution < -0.4 is 11.1 Å². The molecule has 106 valence electrons. The van der Waals surface area contributed by atoms with E-state index in [1.54, 1.807) is 17.5 Å². The van der Waals surface area contributed by atoms with Crippen molar-refractivity contribution in [3.05, 3.63) is 29.2 Å². The van der Waals surface area contributed by atoms with Crippen molar-refractivity contribution in [3.63, 3.8) is 0 Å². The third-order valence-electron chi connectivity index (χ3n) is 2.88. The van der Waals surface area contributed by atoms with Crippen molar-refractivity contribution in [3.8, 4) is 0 Å². The number of nitrogens with one attached hydrogen (secondary N) is 1. The summed E-state index contributed by atoms with van der Waals surface area (Å²) in [7, 11) is 0. The standard InChI is InChI=1S/C12H15N5O3/c1-6-3-10-14-4-8(7(2)17(10)16-6)12(20)15-5-9(18)11(13)19/h3-4,9,18H,5H2,1-2H3,(H2,13,19)(H,15,20). The highest BCUT2D eigenvalue weighted by atomic mass is 16.3. The lowest BCUT2D eigenvalue weighted by Gasteiger charge is -2.10. The van der Waals surface area contributed by atoms with Crippen LogP contribution in [-0.2, 0) is 4.79 Å². The van der Waals surface area contributed by atoms with Gasteiger partial charge in [-0.15, -0.1) is 0 Å². The average Bonchev–Trinajstić information content (AvgIpc) is 2.77. The lowest BCUT2D eigenvalue weighted by atomic mass is 10.2. The summed E-state index contributed by atoms with van der Waals surface area (Å²) in [5.74, 6) is -1.34. The first-order chi connectivity index (χ1) is 9.40. The van der Waals surface area contributed by atoms with Crippen LogP contribution in [0.3, 0.4) is 0 Å². The van der Waals surface area contributed by atoms with Gasteiger partial charge in [-0.1, -0.05) is 0 Å². The number of aryl methyl sites for hydroxylation is 2. The van der Waals surface area contributed by atoms with Gasteiger partial charge in [0, 0.05) is 12.3 Å². The molecule has 2 amide bonds. The summed E-state index contributed by atoms with van der Waals surface area (Å²) in [6.45, 7) is 3.32. The molecule has 0 radical (unpaired) electrons. The highest BCUT2D eigenvalue weighted by molar-refractivity contribution is 5.95. The summed E-state index contributed by atoms with van der Waals surface area (Å²) in [6.07, 6.45) is 0.0144. The number of aliphatic hydroxyl groups is 1. The molecular formula is C12H15N5O3. The van der Waals surface area contributed by atoms with E-state index in [1.807, 2.05) is 6.92 Å². The Morgan fingerprint density at radius 1 is 1.50 bits per heavy atom. The van der Waals surface area contributed by atoms with Gasteiger partial charge in [0.05, 0.1) is 23.5 Å². The Hall–Kier alpha value is -2.48. The first kappa shape index (κ1) is 13.9. The van der Waals surface area contributed by atoms with Crippen molar-refractivity contribution < 1.29 is 14.7 Å². The Morgan fingerprint density at radius 3 is 2.85 bits per heavy atom. The molecule has 20 heavy (non-hydrogen) atoms. The molecule has 4 N–H and O–H groups in total. The van der Waals surface area contributed by atoms with Gasteiger partial charge in [0.25, 0.3) is 5.91 Å². The first-order valence-electron chi connectivity index (χ1n) is 5.97. The fraction of sp³-hybridized carbons (Fsp3) is 0.333. The number of rotatable bonds is 4. The number of hydrogen-bond acceptors (Lipinski definition) is 5. The van der Waals surface area contributed by atoms with Crippen molar-refractivity contribution in [2.24, 2.45) is 5.73 Å². The SMILES string of the molecule is Cc1cc2ncc(C(=O)NCC(O)C(N)=O)c(C)n2n1.